The summed E-state index contributed by atoms with van der Waals surface area (Å²) in [7, 11) is 0. The van der Waals surface area contributed by atoms with Crippen LogP contribution in [-0.2, 0) is 17.6 Å². The number of hydrogen-bond donors (Lipinski definition) is 1. The third-order valence-electron chi connectivity index (χ3n) is 5.00. The standard InChI is InChI=1S/C18H17N.C5H6O/c19-18-7-3-6-14-16-9-8-12-4-1-2-5-13(12)15(16)10-11-17(14)18;1-2-4-6-5-3-1/h1,4,7-11H,2-3,5-6,19H2;1-4H,5H2. The zero-order chi connectivity index (χ0) is 17.1. The average molecular weight is 329 g/mol. The fourth-order valence-corrected chi connectivity index (χ4v) is 3.79. The molecule has 1 heterocycles. The Morgan fingerprint density at radius 2 is 1.68 bits per heavy atom. The number of hydrogen-bond acceptors (Lipinski definition) is 2. The normalized spacial score (nSPS) is 17.0. The Labute approximate surface area is 149 Å². The van der Waals surface area contributed by atoms with Gasteiger partial charge in [-0.2, -0.15) is 0 Å². The highest BCUT2D eigenvalue weighted by atomic mass is 16.5. The first-order valence-corrected chi connectivity index (χ1v) is 8.98. The Balaban J connectivity index is 0.000000223. The zero-order valence-electron chi connectivity index (χ0n) is 14.4. The van der Waals surface area contributed by atoms with Crippen LogP contribution in [0.25, 0.3) is 22.5 Å². The van der Waals surface area contributed by atoms with Gasteiger partial charge in [-0.05, 0) is 65.3 Å². The summed E-state index contributed by atoms with van der Waals surface area (Å²) in [5.41, 5.74) is 12.6. The molecule has 1 aliphatic heterocycles. The van der Waals surface area contributed by atoms with E-state index in [2.05, 4.69) is 42.5 Å². The molecule has 2 N–H and O–H groups in total. The Bertz CT molecular complexity index is 903. The van der Waals surface area contributed by atoms with Gasteiger partial charge in [-0.3, -0.25) is 0 Å². The minimum Gasteiger partial charge on any atom is -0.497 e. The monoisotopic (exact) mass is 329 g/mol. The number of allylic oxidation sites excluding steroid dienone is 4. The molecule has 25 heavy (non-hydrogen) atoms. The van der Waals surface area contributed by atoms with Crippen molar-refractivity contribution < 1.29 is 4.74 Å². The van der Waals surface area contributed by atoms with Crippen LogP contribution < -0.4 is 5.73 Å². The largest absolute Gasteiger partial charge is 0.497 e. The molecule has 2 aliphatic carbocycles. The first kappa shape index (κ1) is 15.8. The van der Waals surface area contributed by atoms with Gasteiger partial charge >= 0.3 is 0 Å². The van der Waals surface area contributed by atoms with Crippen molar-refractivity contribution in [2.75, 3.05) is 6.61 Å². The minimum absolute atomic E-state index is 0.733. The van der Waals surface area contributed by atoms with Gasteiger partial charge < -0.3 is 10.5 Å². The molecule has 0 atom stereocenters. The van der Waals surface area contributed by atoms with Crippen LogP contribution in [0.1, 0.15) is 35.1 Å². The van der Waals surface area contributed by atoms with Crippen LogP contribution >= 0.6 is 0 Å². The van der Waals surface area contributed by atoms with Crippen molar-refractivity contribution in [3.05, 3.63) is 83.2 Å². The van der Waals surface area contributed by atoms with Gasteiger partial charge in [-0.1, -0.05) is 48.6 Å². The first-order valence-electron chi connectivity index (χ1n) is 8.98. The lowest BCUT2D eigenvalue weighted by Crippen LogP contribution is -2.07. The smallest absolute Gasteiger partial charge is 0.106 e. The van der Waals surface area contributed by atoms with Crippen LogP contribution in [0.2, 0.25) is 0 Å². The maximum absolute atomic E-state index is 6.13. The number of aryl methyl sites for hydroxylation is 2. The SMILES string of the molecule is C1=CCOC=C1.NC1=CCCc2c1ccc1c3c(ccc21)C=CCC3. The van der Waals surface area contributed by atoms with Crippen LogP contribution in [0.4, 0.5) is 0 Å². The molecule has 0 saturated heterocycles. The summed E-state index contributed by atoms with van der Waals surface area (Å²) < 4.78 is 4.80. The molecule has 0 fully saturated rings. The van der Waals surface area contributed by atoms with E-state index in [1.54, 1.807) is 6.26 Å². The van der Waals surface area contributed by atoms with Crippen molar-refractivity contribution in [1.82, 2.24) is 0 Å². The Morgan fingerprint density at radius 3 is 2.44 bits per heavy atom. The summed E-state index contributed by atoms with van der Waals surface area (Å²) in [5.74, 6) is 0. The first-order chi connectivity index (χ1) is 12.3. The molecule has 0 radical (unpaired) electrons. The van der Waals surface area contributed by atoms with Crippen molar-refractivity contribution >= 4 is 22.5 Å². The molecule has 0 unspecified atom stereocenters. The van der Waals surface area contributed by atoms with Gasteiger partial charge in [0.05, 0.1) is 6.26 Å². The molecule has 0 spiro atoms. The Hall–Kier alpha value is -2.74. The Kier molecular flexibility index (Phi) is 4.43. The molecule has 5 rings (SSSR count). The number of fused-ring (bicyclic) bond motifs is 5. The van der Waals surface area contributed by atoms with E-state index in [4.69, 9.17) is 10.5 Å². The van der Waals surface area contributed by atoms with E-state index < -0.39 is 0 Å². The lowest BCUT2D eigenvalue weighted by atomic mass is 9.85. The highest BCUT2D eigenvalue weighted by Gasteiger charge is 2.16. The van der Waals surface area contributed by atoms with Gasteiger partial charge in [0.15, 0.2) is 0 Å². The maximum atomic E-state index is 6.13. The summed E-state index contributed by atoms with van der Waals surface area (Å²) in [4.78, 5) is 0. The van der Waals surface area contributed by atoms with Crippen LogP contribution in [0, 0.1) is 0 Å². The summed E-state index contributed by atoms with van der Waals surface area (Å²) in [6, 6.07) is 9.02. The molecule has 2 nitrogen and oxygen atoms in total. The maximum Gasteiger partial charge on any atom is 0.106 e. The highest BCUT2D eigenvalue weighted by Crippen LogP contribution is 2.34. The number of nitrogens with two attached hydrogens (primary N) is 1. The molecule has 0 saturated carbocycles. The van der Waals surface area contributed by atoms with Gasteiger partial charge in [0.2, 0.25) is 0 Å². The molecule has 0 bridgehead atoms. The van der Waals surface area contributed by atoms with E-state index in [1.807, 2.05) is 18.2 Å². The minimum atomic E-state index is 0.733. The molecule has 2 aromatic carbocycles. The molecular formula is C23H23NO. The molecular weight excluding hydrogens is 306 g/mol. The second kappa shape index (κ2) is 7.02. The third kappa shape index (κ3) is 3.12. The topological polar surface area (TPSA) is 35.2 Å². The molecule has 126 valence electrons. The quantitative estimate of drug-likeness (QED) is 0.727. The van der Waals surface area contributed by atoms with Crippen LogP contribution in [0.3, 0.4) is 0 Å². The van der Waals surface area contributed by atoms with E-state index in [9.17, 15) is 0 Å². The third-order valence-corrected chi connectivity index (χ3v) is 5.00. The lowest BCUT2D eigenvalue weighted by Gasteiger charge is -2.20. The van der Waals surface area contributed by atoms with Crippen molar-refractivity contribution in [1.29, 1.82) is 0 Å². The van der Waals surface area contributed by atoms with Crippen molar-refractivity contribution in [2.24, 2.45) is 5.73 Å². The van der Waals surface area contributed by atoms with Gasteiger partial charge in [-0.15, -0.1) is 0 Å². The van der Waals surface area contributed by atoms with Gasteiger partial charge in [-0.25, -0.2) is 0 Å². The molecule has 3 aliphatic rings. The van der Waals surface area contributed by atoms with Crippen molar-refractivity contribution in [3.63, 3.8) is 0 Å². The van der Waals surface area contributed by atoms with Crippen LogP contribution in [0.5, 0.6) is 0 Å². The van der Waals surface area contributed by atoms with E-state index in [1.165, 1.54) is 33.0 Å². The van der Waals surface area contributed by atoms with Gasteiger partial charge in [0, 0.05) is 11.3 Å². The van der Waals surface area contributed by atoms with E-state index >= 15 is 0 Å². The summed E-state index contributed by atoms with van der Waals surface area (Å²) >= 11 is 0. The van der Waals surface area contributed by atoms with Crippen molar-refractivity contribution in [3.8, 4) is 0 Å². The molecule has 0 amide bonds. The van der Waals surface area contributed by atoms with E-state index in [-0.39, 0.29) is 0 Å². The van der Waals surface area contributed by atoms with E-state index in [0.29, 0.717) is 0 Å². The second-order valence-corrected chi connectivity index (χ2v) is 6.55. The molecule has 2 heteroatoms. The highest BCUT2D eigenvalue weighted by molar-refractivity contribution is 5.95. The summed E-state index contributed by atoms with van der Waals surface area (Å²) in [6.45, 7) is 0.733. The predicted octanol–water partition coefficient (Wildman–Crippen LogP) is 5.13. The number of ether oxygens (including phenoxy) is 1. The number of rotatable bonds is 0. The molecule has 0 aromatic heterocycles. The summed E-state index contributed by atoms with van der Waals surface area (Å²) in [5, 5.41) is 2.83. The fourth-order valence-electron chi connectivity index (χ4n) is 3.79. The van der Waals surface area contributed by atoms with Gasteiger partial charge in [0.25, 0.3) is 0 Å². The second-order valence-electron chi connectivity index (χ2n) is 6.55. The zero-order valence-corrected chi connectivity index (χ0v) is 14.4. The fraction of sp³-hybridized carbons (Fsp3) is 0.217. The van der Waals surface area contributed by atoms with E-state index in [0.717, 1.165) is 38.0 Å². The summed E-state index contributed by atoms with van der Waals surface area (Å²) in [6.07, 6.45) is 18.6. The van der Waals surface area contributed by atoms with Crippen LogP contribution in [0.15, 0.2) is 60.9 Å². The number of benzene rings is 2. The lowest BCUT2D eigenvalue weighted by molar-refractivity contribution is 0.286. The van der Waals surface area contributed by atoms with Crippen molar-refractivity contribution in [2.45, 2.75) is 25.7 Å². The average Bonchev–Trinajstić information content (AvgIpc) is 2.69. The molecule has 2 aromatic rings. The predicted molar refractivity (Wildman–Crippen MR) is 106 cm³/mol. The van der Waals surface area contributed by atoms with Gasteiger partial charge in [0.1, 0.15) is 6.61 Å². The van der Waals surface area contributed by atoms with Crippen LogP contribution in [-0.4, -0.2) is 6.61 Å². The Morgan fingerprint density at radius 1 is 0.840 bits per heavy atom.